The van der Waals surface area contributed by atoms with E-state index in [0.29, 0.717) is 38.9 Å². The Morgan fingerprint density at radius 3 is 2.23 bits per heavy atom. The molecule has 0 saturated heterocycles. The van der Waals surface area contributed by atoms with E-state index in [1.54, 1.807) is 0 Å². The molecule has 5 rings (SSSR count). The fourth-order valence-corrected chi connectivity index (χ4v) is 9.32. The van der Waals surface area contributed by atoms with Crippen molar-refractivity contribution in [2.45, 2.75) is 104 Å². The van der Waals surface area contributed by atoms with Crippen molar-refractivity contribution in [1.29, 1.82) is 0 Å². The summed E-state index contributed by atoms with van der Waals surface area (Å²) in [6, 6.07) is 20.0. The number of rotatable bonds is 13. The Bertz CT molecular complexity index is 1250. The summed E-state index contributed by atoms with van der Waals surface area (Å²) < 4.78 is 18.4. The average Bonchev–Trinajstić information content (AvgIpc) is 3.39. The number of hydrogen-bond acceptors (Lipinski definition) is 6. The molecule has 1 unspecified atom stereocenters. The highest BCUT2D eigenvalue weighted by atomic mass is 16.7. The molecular weight excluding hydrogens is 552 g/mol. The first-order valence-corrected chi connectivity index (χ1v) is 16.7. The number of benzene rings is 2. The average molecular weight is 605 g/mol. The van der Waals surface area contributed by atoms with Gasteiger partial charge in [0.05, 0.1) is 25.4 Å². The van der Waals surface area contributed by atoms with Crippen molar-refractivity contribution < 1.29 is 28.9 Å². The maximum atomic E-state index is 13.8. The van der Waals surface area contributed by atoms with Gasteiger partial charge in [0.1, 0.15) is 19.2 Å². The van der Waals surface area contributed by atoms with Crippen LogP contribution in [-0.2, 0) is 37.0 Å². The number of carbonyl (C=O) groups is 2. The lowest BCUT2D eigenvalue weighted by Gasteiger charge is -2.62. The zero-order valence-corrected chi connectivity index (χ0v) is 27.1. The van der Waals surface area contributed by atoms with Gasteiger partial charge in [0.2, 0.25) is 0 Å². The second-order valence-electron chi connectivity index (χ2n) is 14.3. The predicted molar refractivity (Wildman–Crippen MR) is 170 cm³/mol. The second-order valence-corrected chi connectivity index (χ2v) is 14.3. The van der Waals surface area contributed by atoms with Gasteiger partial charge in [0, 0.05) is 24.2 Å². The third-order valence-electron chi connectivity index (χ3n) is 12.0. The fraction of sp³-hybridized carbons (Fsp3) is 0.632. The Kier molecular flexibility index (Phi) is 10.5. The van der Waals surface area contributed by atoms with Crippen LogP contribution < -0.4 is 0 Å². The first-order valence-electron chi connectivity index (χ1n) is 16.7. The Labute approximate surface area is 263 Å². The van der Waals surface area contributed by atoms with Crippen molar-refractivity contribution in [3.8, 4) is 0 Å². The van der Waals surface area contributed by atoms with Crippen LogP contribution in [0.5, 0.6) is 0 Å². The van der Waals surface area contributed by atoms with E-state index in [1.807, 2.05) is 60.7 Å². The minimum Gasteiger partial charge on any atom is -0.393 e. The monoisotopic (exact) mass is 604 g/mol. The standard InChI is InChI=1S/C38H52O6/c1-5-36(3)22-33(41)37(4)30(16-17-31(39)25-42-23-28-12-8-6-9-13-28)18-20-38(21-19-32(40)34(37)38)27(2)35(36)44-26-43-24-29-14-10-7-11-15-29/h6-15,27,30,33-35,41H,5,16-26H2,1-4H3/t27-,30-,33-,34?,35+,36+,37+,38+/m1/s1. The summed E-state index contributed by atoms with van der Waals surface area (Å²) in [6.07, 6.45) is 4.88. The van der Waals surface area contributed by atoms with Gasteiger partial charge in [-0.05, 0) is 72.3 Å². The van der Waals surface area contributed by atoms with Gasteiger partial charge in [-0.3, -0.25) is 9.59 Å². The van der Waals surface area contributed by atoms with Crippen LogP contribution in [-0.4, -0.2) is 42.3 Å². The van der Waals surface area contributed by atoms with Crippen molar-refractivity contribution in [1.82, 2.24) is 0 Å². The molecule has 1 N–H and O–H groups in total. The summed E-state index contributed by atoms with van der Waals surface area (Å²) in [5.41, 5.74) is 1.05. The van der Waals surface area contributed by atoms with E-state index in [-0.39, 0.29) is 59.7 Å². The van der Waals surface area contributed by atoms with E-state index < -0.39 is 11.5 Å². The lowest BCUT2D eigenvalue weighted by Crippen LogP contribution is -2.63. The van der Waals surface area contributed by atoms with Crippen LogP contribution in [0.2, 0.25) is 0 Å². The number of carbonyl (C=O) groups excluding carboxylic acids is 2. The summed E-state index contributed by atoms with van der Waals surface area (Å²) in [4.78, 5) is 26.8. The van der Waals surface area contributed by atoms with Crippen LogP contribution >= 0.6 is 0 Å². The highest BCUT2D eigenvalue weighted by Gasteiger charge is 2.68. The maximum absolute atomic E-state index is 13.8. The Hall–Kier alpha value is -2.38. The Morgan fingerprint density at radius 2 is 1.59 bits per heavy atom. The van der Waals surface area contributed by atoms with Crippen LogP contribution in [0.25, 0.3) is 0 Å². The molecule has 0 amide bonds. The highest BCUT2D eigenvalue weighted by molar-refractivity contribution is 5.85. The molecule has 44 heavy (non-hydrogen) atoms. The summed E-state index contributed by atoms with van der Waals surface area (Å²) in [6.45, 7) is 10.0. The Morgan fingerprint density at radius 1 is 0.955 bits per heavy atom. The third kappa shape index (κ3) is 6.46. The molecule has 0 aromatic heterocycles. The van der Waals surface area contributed by atoms with E-state index in [2.05, 4.69) is 27.7 Å². The third-order valence-corrected chi connectivity index (χ3v) is 12.0. The fourth-order valence-electron chi connectivity index (χ4n) is 9.32. The molecule has 6 nitrogen and oxygen atoms in total. The summed E-state index contributed by atoms with van der Waals surface area (Å²) in [5, 5.41) is 12.2. The van der Waals surface area contributed by atoms with Gasteiger partial charge in [0.25, 0.3) is 0 Å². The largest absolute Gasteiger partial charge is 0.393 e. The minimum atomic E-state index is -0.669. The molecule has 240 valence electrons. The minimum absolute atomic E-state index is 0.0789. The van der Waals surface area contributed by atoms with Gasteiger partial charge in [-0.2, -0.15) is 0 Å². The van der Waals surface area contributed by atoms with E-state index in [1.165, 1.54) is 0 Å². The van der Waals surface area contributed by atoms with Gasteiger partial charge < -0.3 is 19.3 Å². The molecule has 3 aliphatic carbocycles. The number of aliphatic hydroxyl groups is 1. The first-order chi connectivity index (χ1) is 21.1. The van der Waals surface area contributed by atoms with Gasteiger partial charge in [-0.1, -0.05) is 88.4 Å². The number of Topliss-reactive ketones (excluding diaryl/α,β-unsaturated/α-hetero) is 2. The van der Waals surface area contributed by atoms with Gasteiger partial charge in [-0.15, -0.1) is 0 Å². The van der Waals surface area contributed by atoms with Crippen LogP contribution in [0, 0.1) is 34.0 Å². The van der Waals surface area contributed by atoms with Crippen LogP contribution in [0.3, 0.4) is 0 Å². The second kappa shape index (κ2) is 13.9. The van der Waals surface area contributed by atoms with Gasteiger partial charge in [-0.25, -0.2) is 0 Å². The molecule has 2 bridgehead atoms. The quantitative estimate of drug-likeness (QED) is 0.191. The molecule has 8 atom stereocenters. The molecule has 3 fully saturated rings. The summed E-state index contributed by atoms with van der Waals surface area (Å²) in [7, 11) is 0. The summed E-state index contributed by atoms with van der Waals surface area (Å²) >= 11 is 0. The smallest absolute Gasteiger partial charge is 0.158 e. The topological polar surface area (TPSA) is 82.1 Å². The summed E-state index contributed by atoms with van der Waals surface area (Å²) in [5.74, 6) is 0.344. The molecule has 0 radical (unpaired) electrons. The van der Waals surface area contributed by atoms with Crippen LogP contribution in [0.15, 0.2) is 60.7 Å². The van der Waals surface area contributed by atoms with E-state index >= 15 is 0 Å². The van der Waals surface area contributed by atoms with Crippen LogP contribution in [0.1, 0.15) is 90.2 Å². The molecule has 2 aromatic carbocycles. The van der Waals surface area contributed by atoms with E-state index in [0.717, 1.165) is 36.8 Å². The predicted octanol–water partition coefficient (Wildman–Crippen LogP) is 7.31. The molecule has 2 aromatic rings. The molecular formula is C38H52O6. The molecule has 3 aliphatic rings. The van der Waals surface area contributed by atoms with E-state index in [4.69, 9.17) is 14.2 Å². The van der Waals surface area contributed by atoms with Gasteiger partial charge in [0.15, 0.2) is 5.78 Å². The normalized spacial score (nSPS) is 35.1. The van der Waals surface area contributed by atoms with Crippen molar-refractivity contribution in [2.24, 2.45) is 34.0 Å². The maximum Gasteiger partial charge on any atom is 0.158 e. The van der Waals surface area contributed by atoms with Crippen LogP contribution in [0.4, 0.5) is 0 Å². The molecule has 0 spiro atoms. The molecule has 0 aliphatic heterocycles. The number of hydrogen-bond donors (Lipinski definition) is 1. The van der Waals surface area contributed by atoms with Gasteiger partial charge >= 0.3 is 0 Å². The lowest BCUT2D eigenvalue weighted by molar-refractivity contribution is -0.229. The highest BCUT2D eigenvalue weighted by Crippen LogP contribution is 2.68. The van der Waals surface area contributed by atoms with E-state index in [9.17, 15) is 14.7 Å². The van der Waals surface area contributed by atoms with Crippen molar-refractivity contribution in [3.63, 3.8) is 0 Å². The SMILES string of the molecule is CC[C@@]1(C)C[C@@H](O)[C@@]2(C)C3C(=O)CC[C@@]3(CC[C@H]2CCC(=O)COCc2ccccc2)[C@H](C)[C@@H]1OCOCc1ccccc1. The Balaban J connectivity index is 1.30. The number of ether oxygens (including phenoxy) is 3. The lowest BCUT2D eigenvalue weighted by atomic mass is 9.43. The first kappa shape index (κ1) is 33.0. The zero-order chi connectivity index (χ0) is 31.4. The number of aliphatic hydroxyl groups excluding tert-OH is 1. The number of ketones is 2. The zero-order valence-electron chi connectivity index (χ0n) is 27.1. The van der Waals surface area contributed by atoms with Crippen molar-refractivity contribution >= 4 is 11.6 Å². The molecule has 0 heterocycles. The molecule has 6 heteroatoms. The van der Waals surface area contributed by atoms with Crippen molar-refractivity contribution in [2.75, 3.05) is 13.4 Å². The molecule has 3 saturated carbocycles. The van der Waals surface area contributed by atoms with Crippen molar-refractivity contribution in [3.05, 3.63) is 71.8 Å².